The Morgan fingerprint density at radius 3 is 2.78 bits per heavy atom. The van der Waals surface area contributed by atoms with E-state index in [4.69, 9.17) is 4.74 Å². The molecule has 2 unspecified atom stereocenters. The molecule has 32 heavy (non-hydrogen) atoms. The summed E-state index contributed by atoms with van der Waals surface area (Å²) in [5.74, 6) is -0.289. The molecule has 0 radical (unpaired) electrons. The fourth-order valence-electron chi connectivity index (χ4n) is 4.37. The molecule has 0 saturated carbocycles. The van der Waals surface area contributed by atoms with Gasteiger partial charge in [0, 0.05) is 45.4 Å². The predicted octanol–water partition coefficient (Wildman–Crippen LogP) is 3.67. The van der Waals surface area contributed by atoms with E-state index in [2.05, 4.69) is 46.8 Å². The minimum atomic E-state index is -0.289. The van der Waals surface area contributed by atoms with Crippen molar-refractivity contribution in [3.63, 3.8) is 0 Å². The zero-order valence-corrected chi connectivity index (χ0v) is 19.5. The molecule has 1 aliphatic carbocycles. The van der Waals surface area contributed by atoms with Crippen LogP contribution in [-0.4, -0.2) is 73.3 Å². The van der Waals surface area contributed by atoms with Gasteiger partial charge in [-0.1, -0.05) is 36.5 Å². The molecule has 3 atom stereocenters. The first-order valence-electron chi connectivity index (χ1n) is 11.7. The minimum absolute atomic E-state index is 0.0442. The quantitative estimate of drug-likeness (QED) is 0.502. The Kier molecular flexibility index (Phi) is 9.11. The average Bonchev–Trinajstić information content (AvgIpc) is 2.95. The van der Waals surface area contributed by atoms with Gasteiger partial charge in [0.2, 0.25) is 0 Å². The van der Waals surface area contributed by atoms with Crippen LogP contribution < -0.4 is 10.6 Å². The first kappa shape index (κ1) is 24.3. The van der Waals surface area contributed by atoms with Gasteiger partial charge >= 0.3 is 6.03 Å². The number of hydrogen-bond donors (Lipinski definition) is 2. The van der Waals surface area contributed by atoms with Gasteiger partial charge in [0.1, 0.15) is 0 Å². The normalized spacial score (nSPS) is 29.1. The number of halogens is 1. The summed E-state index contributed by atoms with van der Waals surface area (Å²) in [5, 5.41) is 5.89. The summed E-state index contributed by atoms with van der Waals surface area (Å²) in [6, 6.07) is -0.177. The molecule has 0 spiro atoms. The van der Waals surface area contributed by atoms with Gasteiger partial charge in [0.05, 0.1) is 12.1 Å². The first-order chi connectivity index (χ1) is 15.5. The van der Waals surface area contributed by atoms with Crippen LogP contribution in [0.15, 0.2) is 59.6 Å². The molecule has 2 N–H and O–H groups in total. The molecular formula is C25H37FN4O2. The number of allylic oxidation sites excluding steroid dienone is 3. The van der Waals surface area contributed by atoms with Crippen LogP contribution in [0.2, 0.25) is 0 Å². The van der Waals surface area contributed by atoms with Gasteiger partial charge in [-0.25, -0.2) is 4.79 Å². The van der Waals surface area contributed by atoms with E-state index in [1.54, 1.807) is 6.08 Å². The standard InChI is InChI=1S/C25H37FN4O2/c1-4-32-22-10-5-8-19(2)23(12-6-11-22)20(3)28-25(31)30-16-14-29(15-17-30)21-9-7-13-27-24(26)18-21/h5-9,11,18,20-22,27H,4,10,12-17H2,1-3H3,(H,28,31)/b8-5-,11-6?,23-19+/t20-,21?,22?/m1/s1. The maximum Gasteiger partial charge on any atom is 0.317 e. The molecule has 2 heterocycles. The summed E-state index contributed by atoms with van der Waals surface area (Å²) in [6.45, 7) is 10.0. The Bertz CT molecular complexity index is 794. The van der Waals surface area contributed by atoms with Crippen LogP contribution in [0.3, 0.4) is 0 Å². The molecule has 2 amide bonds. The monoisotopic (exact) mass is 444 g/mol. The number of ether oxygens (including phenoxy) is 1. The highest BCUT2D eigenvalue weighted by Crippen LogP contribution is 2.20. The molecule has 3 rings (SSSR count). The Labute approximate surface area is 191 Å². The third-order valence-corrected chi connectivity index (χ3v) is 6.24. The van der Waals surface area contributed by atoms with Crippen molar-refractivity contribution in [3.8, 4) is 0 Å². The van der Waals surface area contributed by atoms with Crippen molar-refractivity contribution in [1.82, 2.24) is 20.4 Å². The summed E-state index contributed by atoms with van der Waals surface area (Å²) in [4.78, 5) is 17.0. The summed E-state index contributed by atoms with van der Waals surface area (Å²) in [5.41, 5.74) is 2.39. The van der Waals surface area contributed by atoms with E-state index in [0.717, 1.165) is 12.8 Å². The number of amides is 2. The Morgan fingerprint density at radius 1 is 1.25 bits per heavy atom. The lowest BCUT2D eigenvalue weighted by Gasteiger charge is -2.37. The van der Waals surface area contributed by atoms with Crippen LogP contribution in [-0.2, 0) is 4.74 Å². The van der Waals surface area contributed by atoms with Crippen molar-refractivity contribution < 1.29 is 13.9 Å². The van der Waals surface area contributed by atoms with Gasteiger partial charge in [0.15, 0.2) is 5.95 Å². The maximum absolute atomic E-state index is 13.7. The molecule has 176 valence electrons. The Hall–Kier alpha value is -2.38. The lowest BCUT2D eigenvalue weighted by atomic mass is 9.99. The zero-order valence-electron chi connectivity index (χ0n) is 19.5. The molecule has 0 aromatic carbocycles. The summed E-state index contributed by atoms with van der Waals surface area (Å²) < 4.78 is 19.5. The van der Waals surface area contributed by atoms with E-state index in [9.17, 15) is 9.18 Å². The van der Waals surface area contributed by atoms with Crippen LogP contribution in [0.25, 0.3) is 0 Å². The number of rotatable bonds is 5. The number of piperazine rings is 1. The van der Waals surface area contributed by atoms with E-state index >= 15 is 0 Å². The zero-order chi connectivity index (χ0) is 22.9. The smallest absolute Gasteiger partial charge is 0.317 e. The average molecular weight is 445 g/mol. The molecule has 1 fully saturated rings. The van der Waals surface area contributed by atoms with Crippen LogP contribution >= 0.6 is 0 Å². The Morgan fingerprint density at radius 2 is 2.03 bits per heavy atom. The number of carbonyl (C=O) groups is 1. The van der Waals surface area contributed by atoms with Crippen molar-refractivity contribution >= 4 is 6.03 Å². The molecule has 7 heteroatoms. The second kappa shape index (κ2) is 12.0. The van der Waals surface area contributed by atoms with Crippen LogP contribution in [0, 0.1) is 0 Å². The van der Waals surface area contributed by atoms with Gasteiger partial charge in [-0.05, 0) is 50.8 Å². The van der Waals surface area contributed by atoms with Gasteiger partial charge in [-0.3, -0.25) is 4.90 Å². The lowest BCUT2D eigenvalue weighted by molar-refractivity contribution is 0.0984. The van der Waals surface area contributed by atoms with E-state index < -0.39 is 0 Å². The van der Waals surface area contributed by atoms with Crippen molar-refractivity contribution in [1.29, 1.82) is 0 Å². The van der Waals surface area contributed by atoms with Crippen LogP contribution in [0.1, 0.15) is 33.6 Å². The molecule has 2 aliphatic heterocycles. The summed E-state index contributed by atoms with van der Waals surface area (Å²) >= 11 is 0. The second-order valence-corrected chi connectivity index (χ2v) is 8.48. The van der Waals surface area contributed by atoms with E-state index in [0.29, 0.717) is 39.3 Å². The van der Waals surface area contributed by atoms with Crippen molar-refractivity contribution in [3.05, 3.63) is 59.6 Å². The van der Waals surface area contributed by atoms with Gasteiger partial charge in [-0.2, -0.15) is 4.39 Å². The fourth-order valence-corrected chi connectivity index (χ4v) is 4.37. The SMILES string of the molecule is CCOC1C=CC/C([C@@H](C)NC(=O)N2CCN(C3C=CCNC(F)=C3)CC2)=C(C)\C=C/C1. The van der Waals surface area contributed by atoms with Crippen LogP contribution in [0.4, 0.5) is 9.18 Å². The molecule has 6 nitrogen and oxygen atoms in total. The maximum atomic E-state index is 13.7. The minimum Gasteiger partial charge on any atom is -0.374 e. The third kappa shape index (κ3) is 6.81. The van der Waals surface area contributed by atoms with E-state index in [1.807, 2.05) is 30.9 Å². The third-order valence-electron chi connectivity index (χ3n) is 6.24. The largest absolute Gasteiger partial charge is 0.374 e. The van der Waals surface area contributed by atoms with Gasteiger partial charge in [-0.15, -0.1) is 0 Å². The molecular weight excluding hydrogens is 407 g/mol. The van der Waals surface area contributed by atoms with Crippen LogP contribution in [0.5, 0.6) is 0 Å². The van der Waals surface area contributed by atoms with E-state index in [1.165, 1.54) is 11.1 Å². The highest BCUT2D eigenvalue weighted by molar-refractivity contribution is 5.75. The topological polar surface area (TPSA) is 56.8 Å². The molecule has 1 saturated heterocycles. The number of nitrogens with zero attached hydrogens (tertiary/aromatic N) is 2. The highest BCUT2D eigenvalue weighted by Gasteiger charge is 2.26. The van der Waals surface area contributed by atoms with Gasteiger partial charge < -0.3 is 20.3 Å². The first-order valence-corrected chi connectivity index (χ1v) is 11.7. The molecule has 0 bridgehead atoms. The number of hydrogen-bond acceptors (Lipinski definition) is 4. The highest BCUT2D eigenvalue weighted by atomic mass is 19.1. The van der Waals surface area contributed by atoms with Gasteiger partial charge in [0.25, 0.3) is 0 Å². The molecule has 0 aromatic heterocycles. The summed E-state index contributed by atoms with van der Waals surface area (Å²) in [6.07, 6.45) is 15.9. The fraction of sp³-hybridized carbons (Fsp3) is 0.560. The number of urea groups is 1. The number of nitrogens with one attached hydrogen (secondary N) is 2. The van der Waals surface area contributed by atoms with Crippen molar-refractivity contribution in [2.75, 3.05) is 39.3 Å². The predicted molar refractivity (Wildman–Crippen MR) is 127 cm³/mol. The molecule has 3 aliphatic rings. The lowest BCUT2D eigenvalue weighted by Crippen LogP contribution is -2.54. The molecule has 0 aromatic rings. The number of carbonyl (C=O) groups excluding carboxylic acids is 1. The summed E-state index contributed by atoms with van der Waals surface area (Å²) in [7, 11) is 0. The second-order valence-electron chi connectivity index (χ2n) is 8.48. The van der Waals surface area contributed by atoms with Crippen molar-refractivity contribution in [2.24, 2.45) is 0 Å². The Balaban J connectivity index is 1.54. The van der Waals surface area contributed by atoms with Crippen molar-refractivity contribution in [2.45, 2.75) is 51.8 Å². The van der Waals surface area contributed by atoms with E-state index in [-0.39, 0.29) is 30.2 Å².